The number of hydrogen-bond acceptors (Lipinski definition) is 3. The molecule has 2 amide bonds. The third-order valence-electron chi connectivity index (χ3n) is 3.54. The zero-order chi connectivity index (χ0) is 16.2. The van der Waals surface area contributed by atoms with Crippen LogP contribution in [-0.4, -0.2) is 72.9 Å². The maximum Gasteiger partial charge on any atom is 0.242 e. The molecule has 0 aromatic rings. The molecule has 128 valence electrons. The molecule has 1 fully saturated rings. The summed E-state index contributed by atoms with van der Waals surface area (Å²) in [6.45, 7) is 9.22. The van der Waals surface area contributed by atoms with E-state index in [4.69, 9.17) is 0 Å². The second-order valence-electron chi connectivity index (χ2n) is 6.10. The molecule has 22 heavy (non-hydrogen) atoms. The third kappa shape index (κ3) is 4.99. The zero-order valence-electron chi connectivity index (χ0n) is 14.3. The first-order chi connectivity index (χ1) is 9.72. The van der Waals surface area contributed by atoms with E-state index in [0.29, 0.717) is 12.5 Å². The molecule has 0 spiro atoms. The van der Waals surface area contributed by atoms with Gasteiger partial charge in [0.25, 0.3) is 0 Å². The van der Waals surface area contributed by atoms with Crippen molar-refractivity contribution >= 4 is 41.8 Å². The average molecular weight is 425 g/mol. The highest BCUT2D eigenvalue weighted by Crippen LogP contribution is 2.24. The Morgan fingerprint density at radius 2 is 2.00 bits per heavy atom. The number of aliphatic imine (C=N–C) groups is 1. The lowest BCUT2D eigenvalue weighted by atomic mass is 9.96. The lowest BCUT2D eigenvalue weighted by Crippen LogP contribution is -2.66. The Balaban J connectivity index is 0.00000441. The summed E-state index contributed by atoms with van der Waals surface area (Å²) in [5.74, 6) is 0.523. The Labute approximate surface area is 149 Å². The van der Waals surface area contributed by atoms with Gasteiger partial charge in [-0.05, 0) is 27.7 Å². The maximum absolute atomic E-state index is 12.4. The lowest BCUT2D eigenvalue weighted by Gasteiger charge is -2.49. The normalized spacial score (nSPS) is 18.1. The van der Waals surface area contributed by atoms with Gasteiger partial charge in [-0.15, -0.1) is 24.0 Å². The molecule has 1 saturated heterocycles. The van der Waals surface area contributed by atoms with Crippen LogP contribution < -0.4 is 10.6 Å². The van der Waals surface area contributed by atoms with Gasteiger partial charge in [-0.1, -0.05) is 0 Å². The number of amides is 2. The van der Waals surface area contributed by atoms with Crippen molar-refractivity contribution in [2.75, 3.05) is 33.7 Å². The van der Waals surface area contributed by atoms with Gasteiger partial charge in [-0.25, -0.2) is 0 Å². The number of hydrogen-bond donors (Lipinski definition) is 2. The quantitative estimate of drug-likeness (QED) is 0.387. The fourth-order valence-corrected chi connectivity index (χ4v) is 2.89. The SMILES string of the molecule is CN=C(NCC(=O)NC)N1CC(=O)N(C(C)C)C(C)(C)C1.I. The molecule has 2 N–H and O–H groups in total. The summed E-state index contributed by atoms with van der Waals surface area (Å²) in [7, 11) is 3.24. The molecule has 0 atom stereocenters. The van der Waals surface area contributed by atoms with Crippen molar-refractivity contribution in [3.05, 3.63) is 0 Å². The van der Waals surface area contributed by atoms with Crippen molar-refractivity contribution in [1.29, 1.82) is 0 Å². The molecule has 0 aromatic heterocycles. The smallest absolute Gasteiger partial charge is 0.242 e. The minimum absolute atomic E-state index is 0. The molecular weight excluding hydrogens is 397 g/mol. The van der Waals surface area contributed by atoms with Crippen molar-refractivity contribution in [3.63, 3.8) is 0 Å². The average Bonchev–Trinajstić information content (AvgIpc) is 2.36. The first kappa shape index (κ1) is 20.9. The lowest BCUT2D eigenvalue weighted by molar-refractivity contribution is -0.145. The zero-order valence-corrected chi connectivity index (χ0v) is 16.6. The summed E-state index contributed by atoms with van der Waals surface area (Å²) in [6.07, 6.45) is 0. The van der Waals surface area contributed by atoms with Gasteiger partial charge in [0.1, 0.15) is 0 Å². The summed E-state index contributed by atoms with van der Waals surface area (Å²) in [4.78, 5) is 31.7. The molecule has 1 aliphatic rings. The number of nitrogens with zero attached hydrogens (tertiary/aromatic N) is 3. The van der Waals surface area contributed by atoms with Gasteiger partial charge >= 0.3 is 0 Å². The molecule has 1 heterocycles. The largest absolute Gasteiger partial charge is 0.358 e. The van der Waals surface area contributed by atoms with E-state index in [1.165, 1.54) is 0 Å². The summed E-state index contributed by atoms with van der Waals surface area (Å²) < 4.78 is 0. The number of halogens is 1. The second-order valence-corrected chi connectivity index (χ2v) is 6.10. The van der Waals surface area contributed by atoms with E-state index in [9.17, 15) is 9.59 Å². The number of piperazine rings is 1. The predicted molar refractivity (Wildman–Crippen MR) is 98.5 cm³/mol. The van der Waals surface area contributed by atoms with E-state index in [2.05, 4.69) is 15.6 Å². The number of guanidine groups is 1. The van der Waals surface area contributed by atoms with Crippen molar-refractivity contribution < 1.29 is 9.59 Å². The molecular formula is C14H28IN5O2. The summed E-state index contributed by atoms with van der Waals surface area (Å²) in [5, 5.41) is 5.53. The van der Waals surface area contributed by atoms with Crippen LogP contribution in [0.25, 0.3) is 0 Å². The number of carbonyl (C=O) groups excluding carboxylic acids is 2. The summed E-state index contributed by atoms with van der Waals surface area (Å²) in [6, 6.07) is 0.162. The van der Waals surface area contributed by atoms with Crippen LogP contribution in [0, 0.1) is 0 Å². The van der Waals surface area contributed by atoms with Crippen LogP contribution in [0.5, 0.6) is 0 Å². The van der Waals surface area contributed by atoms with Gasteiger partial charge in [-0.3, -0.25) is 14.6 Å². The van der Waals surface area contributed by atoms with Crippen LogP contribution in [0.1, 0.15) is 27.7 Å². The van der Waals surface area contributed by atoms with Crippen LogP contribution in [0.15, 0.2) is 4.99 Å². The number of nitrogens with one attached hydrogen (secondary N) is 2. The summed E-state index contributed by atoms with van der Waals surface area (Å²) >= 11 is 0. The number of carbonyl (C=O) groups is 2. The molecule has 0 saturated carbocycles. The van der Waals surface area contributed by atoms with Crippen LogP contribution in [0.4, 0.5) is 0 Å². The van der Waals surface area contributed by atoms with E-state index in [1.54, 1.807) is 14.1 Å². The fraction of sp³-hybridized carbons (Fsp3) is 0.786. The van der Waals surface area contributed by atoms with Gasteiger partial charge in [0.05, 0.1) is 18.6 Å². The Kier molecular flexibility index (Phi) is 8.13. The molecule has 1 rings (SSSR count). The van der Waals surface area contributed by atoms with E-state index >= 15 is 0 Å². The molecule has 1 aliphatic heterocycles. The Morgan fingerprint density at radius 1 is 1.41 bits per heavy atom. The van der Waals surface area contributed by atoms with E-state index in [0.717, 1.165) is 0 Å². The molecule has 0 aromatic carbocycles. The highest BCUT2D eigenvalue weighted by molar-refractivity contribution is 14.0. The molecule has 0 radical (unpaired) electrons. The van der Waals surface area contributed by atoms with Crippen molar-refractivity contribution in [2.45, 2.75) is 39.3 Å². The van der Waals surface area contributed by atoms with Crippen molar-refractivity contribution in [2.24, 2.45) is 4.99 Å². The maximum atomic E-state index is 12.4. The first-order valence-electron chi connectivity index (χ1n) is 7.21. The minimum atomic E-state index is -0.284. The number of rotatable bonds is 3. The van der Waals surface area contributed by atoms with E-state index < -0.39 is 0 Å². The van der Waals surface area contributed by atoms with Crippen LogP contribution in [-0.2, 0) is 9.59 Å². The van der Waals surface area contributed by atoms with Crippen LogP contribution in [0.2, 0.25) is 0 Å². The van der Waals surface area contributed by atoms with Crippen LogP contribution >= 0.6 is 24.0 Å². The molecule has 0 bridgehead atoms. The third-order valence-corrected chi connectivity index (χ3v) is 3.54. The van der Waals surface area contributed by atoms with Crippen LogP contribution in [0.3, 0.4) is 0 Å². The van der Waals surface area contributed by atoms with E-state index in [-0.39, 0.29) is 60.5 Å². The highest BCUT2D eigenvalue weighted by Gasteiger charge is 2.40. The second kappa shape index (κ2) is 8.54. The molecule has 0 aliphatic carbocycles. The Morgan fingerprint density at radius 3 is 2.41 bits per heavy atom. The standard InChI is InChI=1S/C14H27N5O2.HI/c1-10(2)19-12(21)8-18(9-14(19,3)4)13(16-6)17-7-11(20)15-5;/h10H,7-9H2,1-6H3,(H,15,20)(H,16,17);1H. The van der Waals surface area contributed by atoms with Crippen molar-refractivity contribution in [1.82, 2.24) is 20.4 Å². The summed E-state index contributed by atoms with van der Waals surface area (Å²) in [5.41, 5.74) is -0.284. The number of likely N-dealkylation sites (N-methyl/N-ethyl adjacent to an activating group) is 1. The predicted octanol–water partition coefficient (Wildman–Crippen LogP) is 0.257. The van der Waals surface area contributed by atoms with Gasteiger partial charge in [0.2, 0.25) is 11.8 Å². The Hall–Kier alpha value is -1.06. The van der Waals surface area contributed by atoms with Gasteiger partial charge < -0.3 is 20.4 Å². The molecule has 0 unspecified atom stereocenters. The highest BCUT2D eigenvalue weighted by atomic mass is 127. The Bertz CT molecular complexity index is 437. The molecule has 8 heteroatoms. The van der Waals surface area contributed by atoms with Gasteiger partial charge in [0.15, 0.2) is 5.96 Å². The van der Waals surface area contributed by atoms with Crippen molar-refractivity contribution in [3.8, 4) is 0 Å². The first-order valence-corrected chi connectivity index (χ1v) is 7.21. The van der Waals surface area contributed by atoms with E-state index in [1.807, 2.05) is 37.5 Å². The van der Waals surface area contributed by atoms with Gasteiger partial charge in [0, 0.05) is 26.7 Å². The molecule has 7 nitrogen and oxygen atoms in total. The fourth-order valence-electron chi connectivity index (χ4n) is 2.89. The topological polar surface area (TPSA) is 77.0 Å². The minimum Gasteiger partial charge on any atom is -0.358 e. The van der Waals surface area contributed by atoms with Gasteiger partial charge in [-0.2, -0.15) is 0 Å². The monoisotopic (exact) mass is 425 g/mol.